The lowest BCUT2D eigenvalue weighted by Crippen LogP contribution is -2.33. The van der Waals surface area contributed by atoms with E-state index in [1.807, 2.05) is 6.08 Å². The largest absolute Gasteiger partial charge is 0.292 e. The van der Waals surface area contributed by atoms with Crippen LogP contribution in [0.25, 0.3) is 0 Å². The van der Waals surface area contributed by atoms with Gasteiger partial charge >= 0.3 is 0 Å². The molecule has 0 radical (unpaired) electrons. The molecule has 0 heterocycles. The Balaban J connectivity index is 3.21. The van der Waals surface area contributed by atoms with Gasteiger partial charge in [-0.05, 0) is 13.3 Å². The molecule has 0 aliphatic heterocycles. The van der Waals surface area contributed by atoms with Gasteiger partial charge in [0.15, 0.2) is 0 Å². The first kappa shape index (κ1) is 13.9. The van der Waals surface area contributed by atoms with E-state index in [9.17, 15) is 4.79 Å². The second-order valence-corrected chi connectivity index (χ2v) is 5.63. The fourth-order valence-electron chi connectivity index (χ4n) is 0.688. The topological polar surface area (TPSA) is 41.1 Å². The Bertz CT molecular complexity index is 176. The molecule has 3 nitrogen and oxygen atoms in total. The number of carbonyl (C=O) groups is 1. The SMILES string of the molecule is C=CC(C)SSCCCC(=O)NNC. The van der Waals surface area contributed by atoms with Crippen LogP contribution in [-0.2, 0) is 4.79 Å². The van der Waals surface area contributed by atoms with Gasteiger partial charge in [-0.2, -0.15) is 0 Å². The van der Waals surface area contributed by atoms with Crippen LogP contribution in [0.5, 0.6) is 0 Å². The summed E-state index contributed by atoms with van der Waals surface area (Å²) in [5, 5.41) is 0.478. The molecule has 0 bridgehead atoms. The molecule has 0 fully saturated rings. The Labute approximate surface area is 93.8 Å². The quantitative estimate of drug-likeness (QED) is 0.292. The zero-order valence-corrected chi connectivity index (χ0v) is 10.3. The van der Waals surface area contributed by atoms with E-state index >= 15 is 0 Å². The van der Waals surface area contributed by atoms with E-state index in [0.29, 0.717) is 11.7 Å². The van der Waals surface area contributed by atoms with Crippen molar-refractivity contribution in [2.45, 2.75) is 25.0 Å². The monoisotopic (exact) mass is 234 g/mol. The number of nitrogens with one attached hydrogen (secondary N) is 2. The molecule has 0 saturated carbocycles. The number of carbonyl (C=O) groups excluding carboxylic acids is 1. The number of hydrazine groups is 1. The molecule has 0 aromatic carbocycles. The summed E-state index contributed by atoms with van der Waals surface area (Å²) in [5.41, 5.74) is 5.15. The van der Waals surface area contributed by atoms with Crippen LogP contribution >= 0.6 is 21.6 Å². The van der Waals surface area contributed by atoms with Crippen LogP contribution in [0.1, 0.15) is 19.8 Å². The average molecular weight is 234 g/mol. The molecule has 1 atom stereocenters. The number of hydrogen-bond acceptors (Lipinski definition) is 4. The maximum atomic E-state index is 11.0. The van der Waals surface area contributed by atoms with Gasteiger partial charge in [0.25, 0.3) is 0 Å². The van der Waals surface area contributed by atoms with Crippen LogP contribution in [0, 0.1) is 0 Å². The highest BCUT2D eigenvalue weighted by atomic mass is 33.1. The molecule has 0 aliphatic carbocycles. The van der Waals surface area contributed by atoms with Crippen molar-refractivity contribution in [3.05, 3.63) is 12.7 Å². The first-order chi connectivity index (χ1) is 6.70. The van der Waals surface area contributed by atoms with Crippen LogP contribution in [0.3, 0.4) is 0 Å². The molecule has 0 spiro atoms. The average Bonchev–Trinajstić information content (AvgIpc) is 2.17. The summed E-state index contributed by atoms with van der Waals surface area (Å²) in [6.07, 6.45) is 3.41. The lowest BCUT2D eigenvalue weighted by molar-refractivity contribution is -0.121. The Hall–Kier alpha value is -0.130. The first-order valence-corrected chi connectivity index (χ1v) is 6.95. The van der Waals surface area contributed by atoms with Gasteiger partial charge in [0.05, 0.1) is 0 Å². The highest BCUT2D eigenvalue weighted by molar-refractivity contribution is 8.77. The highest BCUT2D eigenvalue weighted by Gasteiger charge is 2.00. The number of rotatable bonds is 8. The van der Waals surface area contributed by atoms with Gasteiger partial charge in [0, 0.05) is 24.5 Å². The minimum absolute atomic E-state index is 0.0508. The predicted octanol–water partition coefficient (Wildman–Crippen LogP) is 1.97. The minimum atomic E-state index is 0.0508. The van der Waals surface area contributed by atoms with Crippen molar-refractivity contribution in [3.8, 4) is 0 Å². The van der Waals surface area contributed by atoms with Crippen LogP contribution < -0.4 is 10.9 Å². The van der Waals surface area contributed by atoms with E-state index in [-0.39, 0.29) is 5.91 Å². The molecule has 0 rings (SSSR count). The predicted molar refractivity (Wildman–Crippen MR) is 66.1 cm³/mol. The number of amides is 1. The van der Waals surface area contributed by atoms with Crippen molar-refractivity contribution in [1.82, 2.24) is 10.9 Å². The standard InChI is InChI=1S/C9H18N2OS2/c1-4-8(2)14-13-7-5-6-9(12)11-10-3/h4,8,10H,1,5-7H2,2-3H3,(H,11,12). The Morgan fingerprint density at radius 3 is 2.93 bits per heavy atom. The Morgan fingerprint density at radius 1 is 1.64 bits per heavy atom. The van der Waals surface area contributed by atoms with Crippen molar-refractivity contribution >= 4 is 27.5 Å². The summed E-state index contributed by atoms with van der Waals surface area (Å²) < 4.78 is 0. The lowest BCUT2D eigenvalue weighted by atomic mass is 10.3. The second-order valence-electron chi connectivity index (χ2n) is 2.76. The maximum Gasteiger partial charge on any atom is 0.234 e. The van der Waals surface area contributed by atoms with E-state index in [0.717, 1.165) is 12.2 Å². The molecular formula is C9H18N2OS2. The summed E-state index contributed by atoms with van der Waals surface area (Å²) in [7, 11) is 5.27. The zero-order chi connectivity index (χ0) is 10.8. The summed E-state index contributed by atoms with van der Waals surface area (Å²) in [5.74, 6) is 1.05. The molecule has 0 aromatic rings. The smallest absolute Gasteiger partial charge is 0.234 e. The molecule has 2 N–H and O–H groups in total. The van der Waals surface area contributed by atoms with Gasteiger partial charge in [-0.3, -0.25) is 10.2 Å². The molecule has 5 heteroatoms. The lowest BCUT2D eigenvalue weighted by Gasteiger charge is -2.04. The van der Waals surface area contributed by atoms with Crippen LogP contribution in [0.15, 0.2) is 12.7 Å². The Morgan fingerprint density at radius 2 is 2.36 bits per heavy atom. The van der Waals surface area contributed by atoms with Crippen molar-refractivity contribution in [3.63, 3.8) is 0 Å². The van der Waals surface area contributed by atoms with Gasteiger partial charge in [-0.25, -0.2) is 5.43 Å². The Kier molecular flexibility index (Phi) is 9.34. The molecular weight excluding hydrogens is 216 g/mol. The van der Waals surface area contributed by atoms with Gasteiger partial charge in [0.1, 0.15) is 0 Å². The van der Waals surface area contributed by atoms with Crippen LogP contribution in [0.2, 0.25) is 0 Å². The number of hydrogen-bond donors (Lipinski definition) is 2. The first-order valence-electron chi connectivity index (χ1n) is 4.57. The van der Waals surface area contributed by atoms with E-state index < -0.39 is 0 Å². The minimum Gasteiger partial charge on any atom is -0.292 e. The van der Waals surface area contributed by atoms with E-state index in [1.165, 1.54) is 0 Å². The van der Waals surface area contributed by atoms with E-state index in [2.05, 4.69) is 24.4 Å². The summed E-state index contributed by atoms with van der Waals surface area (Å²) >= 11 is 0. The zero-order valence-electron chi connectivity index (χ0n) is 8.71. The third kappa shape index (κ3) is 8.47. The summed E-state index contributed by atoms with van der Waals surface area (Å²) in [6.45, 7) is 5.82. The van der Waals surface area contributed by atoms with Crippen molar-refractivity contribution in [2.24, 2.45) is 0 Å². The van der Waals surface area contributed by atoms with Crippen molar-refractivity contribution < 1.29 is 4.79 Å². The fraction of sp³-hybridized carbons (Fsp3) is 0.667. The van der Waals surface area contributed by atoms with Gasteiger partial charge in [0.2, 0.25) is 5.91 Å². The maximum absolute atomic E-state index is 11.0. The van der Waals surface area contributed by atoms with Crippen LogP contribution in [0.4, 0.5) is 0 Å². The molecule has 14 heavy (non-hydrogen) atoms. The molecule has 1 unspecified atom stereocenters. The highest BCUT2D eigenvalue weighted by Crippen LogP contribution is 2.27. The van der Waals surface area contributed by atoms with Gasteiger partial charge < -0.3 is 0 Å². The molecule has 0 aliphatic rings. The van der Waals surface area contributed by atoms with E-state index in [4.69, 9.17) is 0 Å². The van der Waals surface area contributed by atoms with E-state index in [1.54, 1.807) is 28.6 Å². The van der Waals surface area contributed by atoms with Crippen molar-refractivity contribution in [1.29, 1.82) is 0 Å². The third-order valence-electron chi connectivity index (χ3n) is 1.45. The molecule has 1 amide bonds. The molecule has 0 saturated heterocycles. The van der Waals surface area contributed by atoms with Crippen LogP contribution in [-0.4, -0.2) is 24.0 Å². The molecule has 0 aromatic heterocycles. The van der Waals surface area contributed by atoms with Gasteiger partial charge in [-0.1, -0.05) is 27.7 Å². The fourth-order valence-corrected chi connectivity index (χ4v) is 2.86. The summed E-state index contributed by atoms with van der Waals surface area (Å²) in [6, 6.07) is 0. The van der Waals surface area contributed by atoms with Crippen molar-refractivity contribution in [2.75, 3.05) is 12.8 Å². The third-order valence-corrected chi connectivity index (χ3v) is 4.35. The van der Waals surface area contributed by atoms with Gasteiger partial charge in [-0.15, -0.1) is 6.58 Å². The summed E-state index contributed by atoms with van der Waals surface area (Å²) in [4.78, 5) is 11.0. The second kappa shape index (κ2) is 9.43. The molecule has 82 valence electrons. The normalized spacial score (nSPS) is 12.1.